The zero-order valence-corrected chi connectivity index (χ0v) is 12.9. The number of sulfonamides is 1. The maximum absolute atomic E-state index is 13.2. The van der Waals surface area contributed by atoms with Gasteiger partial charge in [0.1, 0.15) is 5.82 Å². The Kier molecular flexibility index (Phi) is 4.68. The second-order valence-corrected chi connectivity index (χ2v) is 6.36. The Bertz CT molecular complexity index is 806. The van der Waals surface area contributed by atoms with Crippen LogP contribution in [0.25, 0.3) is 0 Å². The summed E-state index contributed by atoms with van der Waals surface area (Å²) in [5.41, 5.74) is -0.303. The summed E-state index contributed by atoms with van der Waals surface area (Å²) in [7, 11) is -2.83. The lowest BCUT2D eigenvalue weighted by molar-refractivity contribution is 0.0601. The molecule has 8 heteroatoms. The second kappa shape index (κ2) is 6.33. The highest BCUT2D eigenvalue weighted by molar-refractivity contribution is 7.92. The summed E-state index contributed by atoms with van der Waals surface area (Å²) in [5.74, 6) is -1.54. The van der Waals surface area contributed by atoms with Crippen LogP contribution in [0, 0.1) is 5.82 Å². The number of esters is 1. The minimum Gasteiger partial charge on any atom is -0.465 e. The number of rotatable bonds is 4. The van der Waals surface area contributed by atoms with Crippen LogP contribution in [0.2, 0.25) is 5.02 Å². The predicted octanol–water partition coefficient (Wildman–Crippen LogP) is 3.07. The second-order valence-electron chi connectivity index (χ2n) is 4.24. The highest BCUT2D eigenvalue weighted by atomic mass is 35.5. The molecule has 0 atom stereocenters. The van der Waals surface area contributed by atoms with Crippen molar-refractivity contribution >= 4 is 33.3 Å². The van der Waals surface area contributed by atoms with Crippen molar-refractivity contribution in [1.82, 2.24) is 0 Å². The summed E-state index contributed by atoms with van der Waals surface area (Å²) >= 11 is 5.71. The third-order valence-corrected chi connectivity index (χ3v) is 4.39. The molecule has 0 aliphatic rings. The lowest BCUT2D eigenvalue weighted by atomic mass is 10.2. The van der Waals surface area contributed by atoms with Crippen molar-refractivity contribution in [2.24, 2.45) is 0 Å². The molecule has 0 spiro atoms. The van der Waals surface area contributed by atoms with Crippen molar-refractivity contribution in [3.63, 3.8) is 0 Å². The molecule has 0 radical (unpaired) electrons. The fourth-order valence-electron chi connectivity index (χ4n) is 1.70. The van der Waals surface area contributed by atoms with Crippen LogP contribution in [0.15, 0.2) is 47.4 Å². The standard InChI is InChI=1S/C14H11ClFNO4S/c1-21-14(18)12-8-10(16)4-7-13(12)17-22(19,20)11-5-2-9(15)3-6-11/h2-8,17H,1H3. The van der Waals surface area contributed by atoms with E-state index in [2.05, 4.69) is 9.46 Å². The minimum absolute atomic E-state index is 0.0444. The minimum atomic E-state index is -3.95. The van der Waals surface area contributed by atoms with E-state index in [9.17, 15) is 17.6 Å². The van der Waals surface area contributed by atoms with E-state index < -0.39 is 21.8 Å². The van der Waals surface area contributed by atoms with Gasteiger partial charge in [0.15, 0.2) is 0 Å². The first kappa shape index (κ1) is 16.3. The Morgan fingerprint density at radius 1 is 1.18 bits per heavy atom. The predicted molar refractivity (Wildman–Crippen MR) is 80.0 cm³/mol. The van der Waals surface area contributed by atoms with Gasteiger partial charge in [0.05, 0.1) is 23.3 Å². The summed E-state index contributed by atoms with van der Waals surface area (Å²) < 4.78 is 44.5. The number of carbonyl (C=O) groups excluding carboxylic acids is 1. The molecule has 0 heterocycles. The van der Waals surface area contributed by atoms with Crippen molar-refractivity contribution < 1.29 is 22.3 Å². The number of hydrogen-bond acceptors (Lipinski definition) is 4. The van der Waals surface area contributed by atoms with Gasteiger partial charge in [-0.25, -0.2) is 17.6 Å². The molecule has 0 fully saturated rings. The molecule has 1 N–H and O–H groups in total. The van der Waals surface area contributed by atoms with Gasteiger partial charge in [0.25, 0.3) is 10.0 Å². The molecule has 2 aromatic rings. The average molecular weight is 344 g/mol. The topological polar surface area (TPSA) is 72.5 Å². The summed E-state index contributed by atoms with van der Waals surface area (Å²) in [5, 5.41) is 0.385. The third-order valence-electron chi connectivity index (χ3n) is 2.76. The van der Waals surface area contributed by atoms with E-state index in [4.69, 9.17) is 11.6 Å². The van der Waals surface area contributed by atoms with Gasteiger partial charge in [-0.1, -0.05) is 11.6 Å². The number of benzene rings is 2. The van der Waals surface area contributed by atoms with E-state index in [0.29, 0.717) is 5.02 Å². The molecule has 22 heavy (non-hydrogen) atoms. The number of hydrogen-bond donors (Lipinski definition) is 1. The largest absolute Gasteiger partial charge is 0.465 e. The zero-order valence-electron chi connectivity index (χ0n) is 11.3. The van der Waals surface area contributed by atoms with Crippen LogP contribution < -0.4 is 4.72 Å². The molecular weight excluding hydrogens is 333 g/mol. The Balaban J connectivity index is 2.41. The molecule has 0 saturated carbocycles. The summed E-state index contributed by atoms with van der Waals surface area (Å²) in [6.07, 6.45) is 0. The normalized spacial score (nSPS) is 11.0. The summed E-state index contributed by atoms with van der Waals surface area (Å²) in [6.45, 7) is 0. The van der Waals surface area contributed by atoms with Crippen molar-refractivity contribution in [2.45, 2.75) is 4.90 Å². The fraction of sp³-hybridized carbons (Fsp3) is 0.0714. The molecule has 0 unspecified atom stereocenters. The van der Waals surface area contributed by atoms with Crippen LogP contribution in [0.3, 0.4) is 0 Å². The van der Waals surface area contributed by atoms with E-state index in [0.717, 1.165) is 25.3 Å². The van der Waals surface area contributed by atoms with Crippen molar-refractivity contribution in [3.8, 4) is 0 Å². The van der Waals surface area contributed by atoms with Gasteiger partial charge in [-0.05, 0) is 42.5 Å². The van der Waals surface area contributed by atoms with Crippen LogP contribution in [0.4, 0.5) is 10.1 Å². The molecule has 0 bridgehead atoms. The van der Waals surface area contributed by atoms with Crippen molar-refractivity contribution in [3.05, 3.63) is 58.9 Å². The lowest BCUT2D eigenvalue weighted by Crippen LogP contribution is -2.16. The number of methoxy groups -OCH3 is 1. The van der Waals surface area contributed by atoms with Gasteiger partial charge in [-0.15, -0.1) is 0 Å². The quantitative estimate of drug-likeness (QED) is 0.866. The Labute approximate surface area is 131 Å². The van der Waals surface area contributed by atoms with E-state index in [1.165, 1.54) is 24.3 Å². The molecule has 2 aromatic carbocycles. The monoisotopic (exact) mass is 343 g/mol. The summed E-state index contributed by atoms with van der Waals surface area (Å²) in [6, 6.07) is 8.54. The fourth-order valence-corrected chi connectivity index (χ4v) is 2.91. The first-order valence-electron chi connectivity index (χ1n) is 6.00. The van der Waals surface area contributed by atoms with Gasteiger partial charge in [0, 0.05) is 5.02 Å². The first-order valence-corrected chi connectivity index (χ1v) is 7.86. The highest BCUT2D eigenvalue weighted by Gasteiger charge is 2.19. The molecule has 0 saturated heterocycles. The number of halogens is 2. The number of nitrogens with one attached hydrogen (secondary N) is 1. The van der Waals surface area contributed by atoms with Crippen LogP contribution in [0.1, 0.15) is 10.4 Å². The van der Waals surface area contributed by atoms with E-state index >= 15 is 0 Å². The SMILES string of the molecule is COC(=O)c1cc(F)ccc1NS(=O)(=O)c1ccc(Cl)cc1. The van der Waals surface area contributed by atoms with Gasteiger partial charge in [-0.3, -0.25) is 4.72 Å². The van der Waals surface area contributed by atoms with E-state index in [1.54, 1.807) is 0 Å². The molecule has 5 nitrogen and oxygen atoms in total. The molecular formula is C14H11ClFNO4S. The molecule has 0 aliphatic heterocycles. The number of ether oxygens (including phenoxy) is 1. The molecule has 0 aromatic heterocycles. The van der Waals surface area contributed by atoms with Gasteiger partial charge in [-0.2, -0.15) is 0 Å². The molecule has 0 aliphatic carbocycles. The first-order chi connectivity index (χ1) is 10.3. The van der Waals surface area contributed by atoms with Crippen molar-refractivity contribution in [2.75, 3.05) is 11.8 Å². The van der Waals surface area contributed by atoms with Crippen LogP contribution in [-0.2, 0) is 14.8 Å². The highest BCUT2D eigenvalue weighted by Crippen LogP contribution is 2.23. The van der Waals surface area contributed by atoms with Crippen LogP contribution in [-0.4, -0.2) is 21.5 Å². The Hall–Kier alpha value is -2.12. The Morgan fingerprint density at radius 2 is 1.82 bits per heavy atom. The maximum atomic E-state index is 13.2. The van der Waals surface area contributed by atoms with E-state index in [1.807, 2.05) is 0 Å². The van der Waals surface area contributed by atoms with Crippen LogP contribution >= 0.6 is 11.6 Å². The number of anilines is 1. The molecule has 116 valence electrons. The number of carbonyl (C=O) groups is 1. The zero-order chi connectivity index (χ0) is 16.3. The van der Waals surface area contributed by atoms with Gasteiger partial charge < -0.3 is 4.74 Å². The molecule has 2 rings (SSSR count). The average Bonchev–Trinajstić information content (AvgIpc) is 2.48. The smallest absolute Gasteiger partial charge is 0.340 e. The maximum Gasteiger partial charge on any atom is 0.340 e. The lowest BCUT2D eigenvalue weighted by Gasteiger charge is -2.11. The molecule has 0 amide bonds. The van der Waals surface area contributed by atoms with E-state index in [-0.39, 0.29) is 16.1 Å². The third kappa shape index (κ3) is 3.55. The summed E-state index contributed by atoms with van der Waals surface area (Å²) in [4.78, 5) is 11.6. The Morgan fingerprint density at radius 3 is 2.41 bits per heavy atom. The van der Waals surface area contributed by atoms with Gasteiger partial charge >= 0.3 is 5.97 Å². The van der Waals surface area contributed by atoms with Crippen LogP contribution in [0.5, 0.6) is 0 Å². The van der Waals surface area contributed by atoms with Crippen molar-refractivity contribution in [1.29, 1.82) is 0 Å². The van der Waals surface area contributed by atoms with Gasteiger partial charge in [0.2, 0.25) is 0 Å².